The van der Waals surface area contributed by atoms with Gasteiger partial charge in [0.15, 0.2) is 11.6 Å². The Bertz CT molecular complexity index is 398. The van der Waals surface area contributed by atoms with Crippen LogP contribution in [0.5, 0.6) is 5.75 Å². The molecule has 1 nitrogen and oxygen atoms in total. The van der Waals surface area contributed by atoms with Gasteiger partial charge >= 0.3 is 0 Å². The zero-order valence-corrected chi connectivity index (χ0v) is 13.3. The highest BCUT2D eigenvalue weighted by Gasteiger charge is 2.23. The van der Waals surface area contributed by atoms with Gasteiger partial charge in [-0.15, -0.1) is 0 Å². The number of methoxy groups -OCH3 is 1. The standard InChI is InChI=1S/C15H22BrFO/c1-10(15(2,3)4)8-12(16)11-6-7-14(18-5)13(17)9-11/h6-7,9-10,12H,8H2,1-5H3. The predicted molar refractivity (Wildman–Crippen MR) is 77.9 cm³/mol. The van der Waals surface area contributed by atoms with Crippen molar-refractivity contribution in [1.29, 1.82) is 0 Å². The van der Waals surface area contributed by atoms with Crippen molar-refractivity contribution in [2.24, 2.45) is 11.3 Å². The van der Waals surface area contributed by atoms with Crippen LogP contribution in [0.25, 0.3) is 0 Å². The number of rotatable bonds is 4. The monoisotopic (exact) mass is 316 g/mol. The fourth-order valence-corrected chi connectivity index (χ4v) is 2.52. The first kappa shape index (κ1) is 15.5. The zero-order chi connectivity index (χ0) is 13.9. The summed E-state index contributed by atoms with van der Waals surface area (Å²) in [5, 5.41) is 0. The molecule has 0 radical (unpaired) electrons. The van der Waals surface area contributed by atoms with Crippen LogP contribution in [0.4, 0.5) is 4.39 Å². The second-order valence-electron chi connectivity index (χ2n) is 5.86. The normalized spacial score (nSPS) is 15.3. The molecule has 0 aliphatic heterocycles. The van der Waals surface area contributed by atoms with Gasteiger partial charge in [-0.25, -0.2) is 4.39 Å². The Labute approximate surface area is 118 Å². The van der Waals surface area contributed by atoms with Crippen LogP contribution in [0.2, 0.25) is 0 Å². The van der Waals surface area contributed by atoms with Crippen LogP contribution < -0.4 is 4.74 Å². The number of halogens is 2. The lowest BCUT2D eigenvalue weighted by molar-refractivity contribution is 0.246. The highest BCUT2D eigenvalue weighted by molar-refractivity contribution is 9.09. The Balaban J connectivity index is 2.79. The first-order chi connectivity index (χ1) is 8.25. The number of ether oxygens (including phenoxy) is 1. The molecule has 0 fully saturated rings. The Hall–Kier alpha value is -0.570. The summed E-state index contributed by atoms with van der Waals surface area (Å²) in [7, 11) is 1.48. The molecule has 102 valence electrons. The van der Waals surface area contributed by atoms with Crippen molar-refractivity contribution in [3.63, 3.8) is 0 Å². The summed E-state index contributed by atoms with van der Waals surface area (Å²) in [5.74, 6) is 0.539. The third-order valence-electron chi connectivity index (χ3n) is 3.58. The van der Waals surface area contributed by atoms with Gasteiger partial charge in [-0.05, 0) is 35.4 Å². The molecule has 0 bridgehead atoms. The Morgan fingerprint density at radius 2 is 1.94 bits per heavy atom. The molecule has 1 aromatic rings. The fraction of sp³-hybridized carbons (Fsp3) is 0.600. The van der Waals surface area contributed by atoms with E-state index in [-0.39, 0.29) is 16.1 Å². The molecule has 0 heterocycles. The van der Waals surface area contributed by atoms with Crippen molar-refractivity contribution >= 4 is 15.9 Å². The van der Waals surface area contributed by atoms with Crippen LogP contribution in [0.1, 0.15) is 44.5 Å². The summed E-state index contributed by atoms with van der Waals surface area (Å²) in [5.41, 5.74) is 1.22. The van der Waals surface area contributed by atoms with Gasteiger partial charge in [0, 0.05) is 4.83 Å². The van der Waals surface area contributed by atoms with E-state index in [0.29, 0.717) is 11.7 Å². The lowest BCUT2D eigenvalue weighted by Crippen LogP contribution is -2.18. The van der Waals surface area contributed by atoms with Crippen molar-refractivity contribution in [3.05, 3.63) is 29.6 Å². The summed E-state index contributed by atoms with van der Waals surface area (Å²) in [6, 6.07) is 5.14. The van der Waals surface area contributed by atoms with Gasteiger partial charge in [-0.3, -0.25) is 0 Å². The van der Waals surface area contributed by atoms with Crippen LogP contribution in [0.15, 0.2) is 18.2 Å². The molecule has 3 heteroatoms. The van der Waals surface area contributed by atoms with Crippen molar-refractivity contribution in [1.82, 2.24) is 0 Å². The minimum absolute atomic E-state index is 0.173. The van der Waals surface area contributed by atoms with Crippen molar-refractivity contribution < 1.29 is 9.13 Å². The first-order valence-corrected chi connectivity index (χ1v) is 7.14. The van der Waals surface area contributed by atoms with E-state index in [1.54, 1.807) is 12.1 Å². The molecule has 0 aliphatic carbocycles. The number of hydrogen-bond donors (Lipinski definition) is 0. The van der Waals surface area contributed by atoms with Gasteiger partial charge in [-0.1, -0.05) is 49.7 Å². The van der Waals surface area contributed by atoms with Gasteiger partial charge in [0.1, 0.15) is 0 Å². The highest BCUT2D eigenvalue weighted by atomic mass is 79.9. The minimum atomic E-state index is -0.303. The Morgan fingerprint density at radius 3 is 2.39 bits per heavy atom. The average Bonchev–Trinajstić information content (AvgIpc) is 2.27. The third-order valence-corrected chi connectivity index (χ3v) is 4.48. The molecule has 0 aromatic heterocycles. The summed E-state index contributed by atoms with van der Waals surface area (Å²) in [6.07, 6.45) is 0.981. The van der Waals surface area contributed by atoms with E-state index in [2.05, 4.69) is 43.6 Å². The van der Waals surface area contributed by atoms with Crippen molar-refractivity contribution in [3.8, 4) is 5.75 Å². The summed E-state index contributed by atoms with van der Waals surface area (Å²) in [4.78, 5) is 0.173. The van der Waals surface area contributed by atoms with E-state index >= 15 is 0 Å². The summed E-state index contributed by atoms with van der Waals surface area (Å²) < 4.78 is 18.6. The Morgan fingerprint density at radius 1 is 1.33 bits per heavy atom. The molecule has 18 heavy (non-hydrogen) atoms. The van der Waals surface area contributed by atoms with Gasteiger partial charge in [0.05, 0.1) is 7.11 Å². The van der Waals surface area contributed by atoms with Crippen LogP contribution in [0, 0.1) is 17.2 Å². The van der Waals surface area contributed by atoms with Gasteiger partial charge < -0.3 is 4.74 Å². The van der Waals surface area contributed by atoms with Gasteiger partial charge in [-0.2, -0.15) is 0 Å². The molecule has 2 unspecified atom stereocenters. The maximum atomic E-state index is 13.6. The lowest BCUT2D eigenvalue weighted by Gasteiger charge is -2.29. The molecule has 0 saturated carbocycles. The molecule has 0 spiro atoms. The van der Waals surface area contributed by atoms with E-state index < -0.39 is 0 Å². The van der Waals surface area contributed by atoms with E-state index in [9.17, 15) is 4.39 Å². The van der Waals surface area contributed by atoms with Crippen molar-refractivity contribution in [2.45, 2.75) is 38.9 Å². The molecule has 0 N–H and O–H groups in total. The van der Waals surface area contributed by atoms with Crippen molar-refractivity contribution in [2.75, 3.05) is 7.11 Å². The Kier molecular flexibility index (Phi) is 5.20. The van der Waals surface area contributed by atoms with Crippen LogP contribution in [0.3, 0.4) is 0 Å². The van der Waals surface area contributed by atoms with Crippen LogP contribution in [-0.2, 0) is 0 Å². The zero-order valence-electron chi connectivity index (χ0n) is 11.8. The van der Waals surface area contributed by atoms with Gasteiger partial charge in [0.25, 0.3) is 0 Å². The average molecular weight is 317 g/mol. The lowest BCUT2D eigenvalue weighted by atomic mass is 9.79. The van der Waals surface area contributed by atoms with Gasteiger partial charge in [0.2, 0.25) is 0 Å². The van der Waals surface area contributed by atoms with E-state index in [0.717, 1.165) is 12.0 Å². The highest BCUT2D eigenvalue weighted by Crippen LogP contribution is 2.38. The second kappa shape index (κ2) is 6.05. The van der Waals surface area contributed by atoms with E-state index in [4.69, 9.17) is 4.74 Å². The molecule has 1 rings (SSSR count). The van der Waals surface area contributed by atoms with Crippen LogP contribution in [-0.4, -0.2) is 7.11 Å². The van der Waals surface area contributed by atoms with E-state index in [1.165, 1.54) is 7.11 Å². The number of hydrogen-bond acceptors (Lipinski definition) is 1. The molecule has 0 aliphatic rings. The maximum absolute atomic E-state index is 13.6. The summed E-state index contributed by atoms with van der Waals surface area (Å²) >= 11 is 3.65. The fourth-order valence-electron chi connectivity index (χ4n) is 1.68. The molecule has 1 aromatic carbocycles. The molecule has 0 amide bonds. The number of alkyl halides is 1. The largest absolute Gasteiger partial charge is 0.494 e. The second-order valence-corrected chi connectivity index (χ2v) is 6.97. The van der Waals surface area contributed by atoms with Crippen LogP contribution >= 0.6 is 15.9 Å². The maximum Gasteiger partial charge on any atom is 0.165 e. The quantitative estimate of drug-likeness (QED) is 0.681. The first-order valence-electron chi connectivity index (χ1n) is 6.23. The summed E-state index contributed by atoms with van der Waals surface area (Å²) in [6.45, 7) is 8.91. The van der Waals surface area contributed by atoms with E-state index in [1.807, 2.05) is 6.07 Å². The molecular formula is C15H22BrFO. The smallest absolute Gasteiger partial charge is 0.165 e. The SMILES string of the molecule is COc1ccc(C(Br)CC(C)C(C)(C)C)cc1F. The third kappa shape index (κ3) is 3.98. The molecule has 2 atom stereocenters. The molecule has 0 saturated heterocycles. The topological polar surface area (TPSA) is 9.23 Å². The minimum Gasteiger partial charge on any atom is -0.494 e. The predicted octanol–water partition coefficient (Wildman–Crippen LogP) is 5.34. The number of benzene rings is 1. The molecular weight excluding hydrogens is 295 g/mol.